The predicted octanol–water partition coefficient (Wildman–Crippen LogP) is 3.62. The number of fused-ring (bicyclic) bond motifs is 4. The molecule has 2 saturated carbocycles. The van der Waals surface area contributed by atoms with Crippen molar-refractivity contribution >= 4 is 11.6 Å². The van der Waals surface area contributed by atoms with Crippen molar-refractivity contribution in [1.82, 2.24) is 0 Å². The molecular weight excluding hydrogens is 248 g/mol. The molecule has 2 nitrogen and oxygen atoms in total. The zero-order chi connectivity index (χ0) is 13.9. The van der Waals surface area contributed by atoms with E-state index >= 15 is 0 Å². The van der Waals surface area contributed by atoms with Crippen LogP contribution in [0, 0.1) is 23.2 Å². The molecule has 4 aliphatic carbocycles. The molecule has 0 radical (unpaired) electrons. The van der Waals surface area contributed by atoms with Gasteiger partial charge in [-0.05, 0) is 61.5 Å². The summed E-state index contributed by atoms with van der Waals surface area (Å²) < 4.78 is 0. The molecule has 4 rings (SSSR count). The Labute approximate surface area is 120 Å². The lowest BCUT2D eigenvalue weighted by Gasteiger charge is -2.49. The van der Waals surface area contributed by atoms with Gasteiger partial charge in [-0.25, -0.2) is 0 Å². The molecule has 20 heavy (non-hydrogen) atoms. The van der Waals surface area contributed by atoms with Crippen molar-refractivity contribution in [2.24, 2.45) is 23.2 Å². The molecule has 106 valence electrons. The number of Topliss-reactive ketones (excluding diaryl/α,β-unsaturated/α-hetero) is 1. The van der Waals surface area contributed by atoms with Crippen molar-refractivity contribution in [3.63, 3.8) is 0 Å². The second-order valence-corrected chi connectivity index (χ2v) is 7.37. The lowest BCUT2D eigenvalue weighted by Crippen LogP contribution is -2.43. The van der Waals surface area contributed by atoms with Gasteiger partial charge in [-0.1, -0.05) is 18.6 Å². The first kappa shape index (κ1) is 12.6. The third-order valence-corrected chi connectivity index (χ3v) is 6.57. The number of hydrogen-bond acceptors (Lipinski definition) is 2. The lowest BCUT2D eigenvalue weighted by atomic mass is 9.55. The van der Waals surface area contributed by atoms with E-state index in [9.17, 15) is 9.59 Å². The Bertz CT molecular complexity index is 554. The second kappa shape index (κ2) is 4.16. The predicted molar refractivity (Wildman–Crippen MR) is 77.1 cm³/mol. The maximum atomic E-state index is 12.3. The first-order chi connectivity index (χ1) is 9.59. The second-order valence-electron chi connectivity index (χ2n) is 7.37. The van der Waals surface area contributed by atoms with Crippen molar-refractivity contribution in [2.75, 3.05) is 0 Å². The topological polar surface area (TPSA) is 34.1 Å². The summed E-state index contributed by atoms with van der Waals surface area (Å²) in [6.07, 6.45) is 10.9. The molecule has 0 aromatic rings. The molecule has 0 aliphatic heterocycles. The lowest BCUT2D eigenvalue weighted by molar-refractivity contribution is -0.129. The van der Waals surface area contributed by atoms with E-state index in [1.54, 1.807) is 6.08 Å². The summed E-state index contributed by atoms with van der Waals surface area (Å²) in [6, 6.07) is 0. The van der Waals surface area contributed by atoms with Crippen LogP contribution in [0.3, 0.4) is 0 Å². The van der Waals surface area contributed by atoms with Crippen LogP contribution >= 0.6 is 0 Å². The Hall–Kier alpha value is -1.18. The highest BCUT2D eigenvalue weighted by Crippen LogP contribution is 2.59. The maximum absolute atomic E-state index is 12.3. The van der Waals surface area contributed by atoms with Gasteiger partial charge in [0.1, 0.15) is 5.78 Å². The largest absolute Gasteiger partial charge is 0.299 e. The number of rotatable bonds is 0. The van der Waals surface area contributed by atoms with Gasteiger partial charge in [-0.2, -0.15) is 0 Å². The van der Waals surface area contributed by atoms with Crippen LogP contribution in [0.4, 0.5) is 0 Å². The van der Waals surface area contributed by atoms with Gasteiger partial charge in [0, 0.05) is 18.3 Å². The average Bonchev–Trinajstić information content (AvgIpc) is 2.74. The monoisotopic (exact) mass is 270 g/mol. The molecule has 0 saturated heterocycles. The highest BCUT2D eigenvalue weighted by molar-refractivity contribution is 5.93. The van der Waals surface area contributed by atoms with Crippen molar-refractivity contribution in [3.05, 3.63) is 23.3 Å². The number of hydrogen-bond donors (Lipinski definition) is 0. The van der Waals surface area contributed by atoms with E-state index < -0.39 is 0 Å². The molecule has 0 N–H and O–H groups in total. The minimum absolute atomic E-state index is 0.0343. The minimum Gasteiger partial charge on any atom is -0.299 e. The Morgan fingerprint density at radius 2 is 1.95 bits per heavy atom. The zero-order valence-electron chi connectivity index (χ0n) is 12.2. The molecule has 0 bridgehead atoms. The SMILES string of the molecule is C[C@]12CCC3C4=C(CCC3C1CCC2=O)CC(=O)C=C4. The summed E-state index contributed by atoms with van der Waals surface area (Å²) in [4.78, 5) is 23.8. The molecule has 0 aromatic heterocycles. The van der Waals surface area contributed by atoms with E-state index in [2.05, 4.69) is 13.0 Å². The molecule has 0 spiro atoms. The molecule has 2 heteroatoms. The van der Waals surface area contributed by atoms with E-state index in [0.717, 1.165) is 32.1 Å². The Balaban J connectivity index is 1.69. The fourth-order valence-corrected chi connectivity index (χ4v) is 5.48. The third kappa shape index (κ3) is 1.57. The number of ketones is 2. The highest BCUT2D eigenvalue weighted by atomic mass is 16.1. The van der Waals surface area contributed by atoms with Crippen LogP contribution in [-0.2, 0) is 9.59 Å². The van der Waals surface area contributed by atoms with Crippen LogP contribution in [0.15, 0.2) is 23.3 Å². The average molecular weight is 270 g/mol. The van der Waals surface area contributed by atoms with E-state index in [1.165, 1.54) is 17.6 Å². The molecule has 4 atom stereocenters. The van der Waals surface area contributed by atoms with Crippen molar-refractivity contribution in [2.45, 2.75) is 51.9 Å². The highest BCUT2D eigenvalue weighted by Gasteiger charge is 2.54. The van der Waals surface area contributed by atoms with Crippen LogP contribution in [0.25, 0.3) is 0 Å². The molecule has 0 heterocycles. The summed E-state index contributed by atoms with van der Waals surface area (Å²) >= 11 is 0. The summed E-state index contributed by atoms with van der Waals surface area (Å²) in [7, 11) is 0. The van der Waals surface area contributed by atoms with Gasteiger partial charge in [-0.15, -0.1) is 0 Å². The Morgan fingerprint density at radius 1 is 1.10 bits per heavy atom. The molecule has 2 fully saturated rings. The Morgan fingerprint density at radius 3 is 2.80 bits per heavy atom. The molecule has 0 amide bonds. The van der Waals surface area contributed by atoms with E-state index in [1.807, 2.05) is 0 Å². The molecule has 4 aliphatic rings. The molecule has 0 aromatic carbocycles. The Kier molecular flexibility index (Phi) is 2.61. The van der Waals surface area contributed by atoms with Crippen molar-refractivity contribution in [1.29, 1.82) is 0 Å². The van der Waals surface area contributed by atoms with Crippen LogP contribution in [0.2, 0.25) is 0 Å². The van der Waals surface area contributed by atoms with Gasteiger partial charge in [0.25, 0.3) is 0 Å². The summed E-state index contributed by atoms with van der Waals surface area (Å²) in [5.74, 6) is 2.66. The van der Waals surface area contributed by atoms with E-state index in [0.29, 0.717) is 30.0 Å². The summed E-state index contributed by atoms with van der Waals surface area (Å²) in [5, 5.41) is 0. The number of allylic oxidation sites excluding steroid dienone is 4. The van der Waals surface area contributed by atoms with Gasteiger partial charge in [-0.3, -0.25) is 9.59 Å². The first-order valence-corrected chi connectivity index (χ1v) is 8.06. The smallest absolute Gasteiger partial charge is 0.159 e. The fourth-order valence-electron chi connectivity index (χ4n) is 5.48. The molecule has 3 unspecified atom stereocenters. The fraction of sp³-hybridized carbons (Fsp3) is 0.667. The quantitative estimate of drug-likeness (QED) is 0.673. The third-order valence-electron chi connectivity index (χ3n) is 6.57. The van der Waals surface area contributed by atoms with Gasteiger partial charge < -0.3 is 0 Å². The summed E-state index contributed by atoms with van der Waals surface area (Å²) in [6.45, 7) is 2.22. The van der Waals surface area contributed by atoms with Crippen LogP contribution in [0.1, 0.15) is 51.9 Å². The van der Waals surface area contributed by atoms with E-state index in [4.69, 9.17) is 0 Å². The normalized spacial score (nSPS) is 43.4. The number of carbonyl (C=O) groups excluding carboxylic acids is 2. The van der Waals surface area contributed by atoms with Crippen LogP contribution < -0.4 is 0 Å². The van der Waals surface area contributed by atoms with Gasteiger partial charge >= 0.3 is 0 Å². The van der Waals surface area contributed by atoms with Crippen molar-refractivity contribution < 1.29 is 9.59 Å². The minimum atomic E-state index is -0.0343. The maximum Gasteiger partial charge on any atom is 0.159 e. The van der Waals surface area contributed by atoms with E-state index in [-0.39, 0.29) is 11.2 Å². The first-order valence-electron chi connectivity index (χ1n) is 8.06. The summed E-state index contributed by atoms with van der Waals surface area (Å²) in [5.41, 5.74) is 2.82. The van der Waals surface area contributed by atoms with Gasteiger partial charge in [0.2, 0.25) is 0 Å². The van der Waals surface area contributed by atoms with Crippen molar-refractivity contribution in [3.8, 4) is 0 Å². The zero-order valence-corrected chi connectivity index (χ0v) is 12.2. The standard InChI is InChI=1S/C18H22O2/c1-18-9-8-14-13-5-3-12(19)10-11(13)2-4-15(14)16(18)6-7-17(18)20/h3,5,14-16H,2,4,6-10H2,1H3/t14?,15?,16?,18-/m0/s1. The van der Waals surface area contributed by atoms with Crippen LogP contribution in [0.5, 0.6) is 0 Å². The van der Waals surface area contributed by atoms with Crippen LogP contribution in [-0.4, -0.2) is 11.6 Å². The molecular formula is C18H22O2. The number of carbonyl (C=O) groups is 2. The van der Waals surface area contributed by atoms with Gasteiger partial charge in [0.15, 0.2) is 5.78 Å². The van der Waals surface area contributed by atoms with Gasteiger partial charge in [0.05, 0.1) is 0 Å².